The Morgan fingerprint density at radius 1 is 1.36 bits per heavy atom. The third-order valence-electron chi connectivity index (χ3n) is 2.85. The van der Waals surface area contributed by atoms with Gasteiger partial charge in [-0.3, -0.25) is 0 Å². The van der Waals surface area contributed by atoms with E-state index in [4.69, 9.17) is 10.5 Å². The van der Waals surface area contributed by atoms with Crippen molar-refractivity contribution in [2.45, 2.75) is 45.3 Å². The fraction of sp³-hybridized carbons (Fsp3) is 1.00. The highest BCUT2D eigenvalue weighted by Gasteiger charge is 2.32. The van der Waals surface area contributed by atoms with E-state index in [0.29, 0.717) is 5.92 Å². The van der Waals surface area contributed by atoms with Crippen LogP contribution in [0.15, 0.2) is 0 Å². The number of halogens is 2. The van der Waals surface area contributed by atoms with Gasteiger partial charge in [0, 0.05) is 6.04 Å². The fourth-order valence-electron chi connectivity index (χ4n) is 2.36. The Kier molecular flexibility index (Phi) is 4.26. The van der Waals surface area contributed by atoms with Gasteiger partial charge in [0.05, 0.1) is 6.10 Å². The molecule has 84 valence electrons. The van der Waals surface area contributed by atoms with Gasteiger partial charge >= 0.3 is 0 Å². The largest absolute Gasteiger partial charge is 0.370 e. The summed E-state index contributed by atoms with van der Waals surface area (Å²) in [6.07, 6.45) is -0.700. The van der Waals surface area contributed by atoms with Gasteiger partial charge in [-0.2, -0.15) is 0 Å². The molecule has 0 bridgehead atoms. The molecule has 4 heteroatoms. The predicted octanol–water partition coefficient (Wildman–Crippen LogP) is 2.03. The first-order valence-electron chi connectivity index (χ1n) is 5.16. The van der Waals surface area contributed by atoms with Crippen molar-refractivity contribution in [3.63, 3.8) is 0 Å². The van der Waals surface area contributed by atoms with Gasteiger partial charge in [0.15, 0.2) is 0 Å². The molecule has 0 aliphatic heterocycles. The second kappa shape index (κ2) is 5.03. The Labute approximate surface area is 83.8 Å². The molecule has 0 saturated heterocycles. The van der Waals surface area contributed by atoms with E-state index < -0.39 is 13.0 Å². The molecule has 0 amide bonds. The van der Waals surface area contributed by atoms with Crippen molar-refractivity contribution < 1.29 is 13.5 Å². The first-order chi connectivity index (χ1) is 6.50. The van der Waals surface area contributed by atoms with Gasteiger partial charge in [0.2, 0.25) is 0 Å². The van der Waals surface area contributed by atoms with Crippen LogP contribution in [0, 0.1) is 11.8 Å². The minimum atomic E-state index is -2.39. The molecule has 0 spiro atoms. The van der Waals surface area contributed by atoms with Gasteiger partial charge in [-0.1, -0.05) is 13.8 Å². The van der Waals surface area contributed by atoms with Crippen molar-refractivity contribution in [3.8, 4) is 0 Å². The Hall–Kier alpha value is -0.220. The number of alkyl halides is 2. The summed E-state index contributed by atoms with van der Waals surface area (Å²) in [5.74, 6) is 0.860. The summed E-state index contributed by atoms with van der Waals surface area (Å²) < 4.78 is 29.1. The summed E-state index contributed by atoms with van der Waals surface area (Å²) in [4.78, 5) is 0. The molecule has 14 heavy (non-hydrogen) atoms. The molecule has 1 aliphatic carbocycles. The number of ether oxygens (including phenoxy) is 1. The molecule has 2 nitrogen and oxygen atoms in total. The van der Waals surface area contributed by atoms with Crippen LogP contribution in [0.3, 0.4) is 0 Å². The maximum Gasteiger partial charge on any atom is 0.261 e. The molecular formula is C10H19F2NO. The second-order valence-electron chi connectivity index (χ2n) is 4.41. The normalized spacial score (nSPS) is 39.0. The van der Waals surface area contributed by atoms with Gasteiger partial charge in [-0.15, -0.1) is 0 Å². The van der Waals surface area contributed by atoms with Crippen molar-refractivity contribution in [2.24, 2.45) is 17.6 Å². The lowest BCUT2D eigenvalue weighted by Gasteiger charge is -2.37. The molecule has 4 unspecified atom stereocenters. The molecule has 4 atom stereocenters. The Bertz CT molecular complexity index is 166. The Balaban J connectivity index is 2.41. The van der Waals surface area contributed by atoms with Crippen molar-refractivity contribution in [2.75, 3.05) is 6.61 Å². The molecule has 1 fully saturated rings. The molecule has 1 saturated carbocycles. The summed E-state index contributed by atoms with van der Waals surface area (Å²) in [6, 6.07) is -0.0903. The van der Waals surface area contributed by atoms with Crippen LogP contribution in [-0.2, 0) is 4.74 Å². The highest BCUT2D eigenvalue weighted by atomic mass is 19.3. The van der Waals surface area contributed by atoms with Gasteiger partial charge in [-0.05, 0) is 24.7 Å². The van der Waals surface area contributed by atoms with Crippen LogP contribution in [0.2, 0.25) is 0 Å². The SMILES string of the molecule is CC1CC(C)C(OCC(F)F)C(N)C1. The van der Waals surface area contributed by atoms with E-state index in [1.54, 1.807) is 0 Å². The third-order valence-corrected chi connectivity index (χ3v) is 2.85. The molecular weight excluding hydrogens is 188 g/mol. The monoisotopic (exact) mass is 207 g/mol. The Morgan fingerprint density at radius 2 is 2.00 bits per heavy atom. The van der Waals surface area contributed by atoms with Crippen LogP contribution in [-0.4, -0.2) is 25.2 Å². The van der Waals surface area contributed by atoms with Crippen molar-refractivity contribution in [1.82, 2.24) is 0 Å². The van der Waals surface area contributed by atoms with Crippen molar-refractivity contribution in [1.29, 1.82) is 0 Å². The quantitative estimate of drug-likeness (QED) is 0.768. The van der Waals surface area contributed by atoms with Crippen LogP contribution in [0.25, 0.3) is 0 Å². The minimum absolute atomic E-state index is 0.0903. The first-order valence-corrected chi connectivity index (χ1v) is 5.16. The molecule has 0 aromatic carbocycles. The Morgan fingerprint density at radius 3 is 2.50 bits per heavy atom. The number of hydrogen-bond donors (Lipinski definition) is 1. The van der Waals surface area contributed by atoms with E-state index in [0.717, 1.165) is 12.8 Å². The number of hydrogen-bond acceptors (Lipinski definition) is 2. The molecule has 0 aromatic rings. The zero-order chi connectivity index (χ0) is 10.7. The van der Waals surface area contributed by atoms with E-state index in [1.807, 2.05) is 6.92 Å². The smallest absolute Gasteiger partial charge is 0.261 e. The third kappa shape index (κ3) is 3.17. The zero-order valence-corrected chi connectivity index (χ0v) is 8.75. The first kappa shape index (κ1) is 11.9. The van der Waals surface area contributed by atoms with Gasteiger partial charge in [0.1, 0.15) is 6.61 Å². The lowest BCUT2D eigenvalue weighted by Crippen LogP contribution is -2.47. The minimum Gasteiger partial charge on any atom is -0.370 e. The van der Waals surface area contributed by atoms with Gasteiger partial charge in [0.25, 0.3) is 6.43 Å². The number of nitrogens with two attached hydrogens (primary N) is 1. The molecule has 0 aromatic heterocycles. The summed E-state index contributed by atoms with van der Waals surface area (Å²) in [5, 5.41) is 0. The second-order valence-corrected chi connectivity index (χ2v) is 4.41. The summed E-state index contributed by atoms with van der Waals surface area (Å²) in [5.41, 5.74) is 5.88. The highest BCUT2D eigenvalue weighted by Crippen LogP contribution is 2.30. The van der Waals surface area contributed by atoms with Crippen LogP contribution < -0.4 is 5.73 Å². The van der Waals surface area contributed by atoms with Crippen molar-refractivity contribution in [3.05, 3.63) is 0 Å². The molecule has 1 rings (SSSR count). The highest BCUT2D eigenvalue weighted by molar-refractivity contribution is 4.86. The van der Waals surface area contributed by atoms with Crippen LogP contribution in [0.5, 0.6) is 0 Å². The van der Waals surface area contributed by atoms with Crippen LogP contribution in [0.1, 0.15) is 26.7 Å². The van der Waals surface area contributed by atoms with Crippen LogP contribution >= 0.6 is 0 Å². The average Bonchev–Trinajstić information content (AvgIpc) is 2.01. The predicted molar refractivity (Wildman–Crippen MR) is 51.3 cm³/mol. The fourth-order valence-corrected chi connectivity index (χ4v) is 2.36. The number of rotatable bonds is 3. The van der Waals surface area contributed by atoms with Gasteiger partial charge < -0.3 is 10.5 Å². The van der Waals surface area contributed by atoms with E-state index in [9.17, 15) is 8.78 Å². The molecule has 2 N–H and O–H groups in total. The summed E-state index contributed by atoms with van der Waals surface area (Å²) in [7, 11) is 0. The summed E-state index contributed by atoms with van der Waals surface area (Å²) in [6.45, 7) is 3.67. The van der Waals surface area contributed by atoms with E-state index in [1.165, 1.54) is 0 Å². The molecule has 1 aliphatic rings. The van der Waals surface area contributed by atoms with E-state index >= 15 is 0 Å². The molecule has 0 heterocycles. The van der Waals surface area contributed by atoms with Crippen molar-refractivity contribution >= 4 is 0 Å². The topological polar surface area (TPSA) is 35.2 Å². The van der Waals surface area contributed by atoms with Crippen LogP contribution in [0.4, 0.5) is 8.78 Å². The van der Waals surface area contributed by atoms with E-state index in [2.05, 4.69) is 6.92 Å². The average molecular weight is 207 g/mol. The van der Waals surface area contributed by atoms with E-state index in [-0.39, 0.29) is 18.1 Å². The van der Waals surface area contributed by atoms with Gasteiger partial charge in [-0.25, -0.2) is 8.78 Å². The lowest BCUT2D eigenvalue weighted by molar-refractivity contribution is -0.0709. The standard InChI is InChI=1S/C10H19F2NO/c1-6-3-7(2)10(8(13)4-6)14-5-9(11)12/h6-10H,3-5,13H2,1-2H3. The molecule has 0 radical (unpaired) electrons. The maximum absolute atomic E-state index is 12.0. The zero-order valence-electron chi connectivity index (χ0n) is 8.75. The summed E-state index contributed by atoms with van der Waals surface area (Å²) >= 11 is 0. The lowest BCUT2D eigenvalue weighted by atomic mass is 9.78. The maximum atomic E-state index is 12.0.